The van der Waals surface area contributed by atoms with E-state index in [0.717, 1.165) is 16.7 Å². The van der Waals surface area contributed by atoms with Gasteiger partial charge in [0.15, 0.2) is 5.58 Å². The summed E-state index contributed by atoms with van der Waals surface area (Å²) < 4.78 is 5.68. The van der Waals surface area contributed by atoms with Crippen LogP contribution in [0.25, 0.3) is 22.6 Å². The van der Waals surface area contributed by atoms with Crippen LogP contribution in [0.4, 0.5) is 0 Å². The van der Waals surface area contributed by atoms with Crippen LogP contribution < -0.4 is 0 Å². The van der Waals surface area contributed by atoms with Crippen molar-refractivity contribution in [1.29, 1.82) is 0 Å². The first kappa shape index (κ1) is 10.4. The minimum absolute atomic E-state index is 0.627. The van der Waals surface area contributed by atoms with Crippen molar-refractivity contribution in [2.24, 2.45) is 0 Å². The van der Waals surface area contributed by atoms with Crippen LogP contribution in [0.3, 0.4) is 0 Å². The fraction of sp³-hybridized carbons (Fsp3) is 0.0714. The van der Waals surface area contributed by atoms with Crippen LogP contribution in [0, 0.1) is 6.92 Å². The molecular formula is C14H10ClNO. The zero-order valence-corrected chi connectivity index (χ0v) is 10.0. The number of fused-ring (bicyclic) bond motifs is 1. The van der Waals surface area contributed by atoms with Crippen molar-refractivity contribution in [1.82, 2.24) is 4.98 Å². The highest BCUT2D eigenvalue weighted by molar-refractivity contribution is 6.31. The minimum atomic E-state index is 0.627. The maximum atomic E-state index is 5.91. The first-order valence-electron chi connectivity index (χ1n) is 5.35. The number of hydrogen-bond donors (Lipinski definition) is 0. The lowest BCUT2D eigenvalue weighted by molar-refractivity contribution is 0.620. The molecule has 1 heterocycles. The summed E-state index contributed by atoms with van der Waals surface area (Å²) in [5, 5.41) is 0.668. The van der Waals surface area contributed by atoms with Crippen LogP contribution in [0.1, 0.15) is 5.56 Å². The zero-order valence-electron chi connectivity index (χ0n) is 9.27. The molecular weight excluding hydrogens is 234 g/mol. The van der Waals surface area contributed by atoms with Crippen LogP contribution in [0.15, 0.2) is 46.9 Å². The van der Waals surface area contributed by atoms with E-state index in [9.17, 15) is 0 Å². The van der Waals surface area contributed by atoms with E-state index in [0.29, 0.717) is 10.9 Å². The Bertz CT molecular complexity index is 670. The monoisotopic (exact) mass is 243 g/mol. The lowest BCUT2D eigenvalue weighted by atomic mass is 10.1. The fourth-order valence-electron chi connectivity index (χ4n) is 1.72. The summed E-state index contributed by atoms with van der Waals surface area (Å²) in [5.74, 6) is 0.627. The Morgan fingerprint density at radius 3 is 2.59 bits per heavy atom. The van der Waals surface area contributed by atoms with Gasteiger partial charge in [-0.15, -0.1) is 0 Å². The van der Waals surface area contributed by atoms with Gasteiger partial charge in [0.1, 0.15) is 5.52 Å². The van der Waals surface area contributed by atoms with E-state index < -0.39 is 0 Å². The Balaban J connectivity index is 2.14. The molecule has 0 atom stereocenters. The molecule has 0 fully saturated rings. The van der Waals surface area contributed by atoms with E-state index in [2.05, 4.69) is 11.9 Å². The maximum Gasteiger partial charge on any atom is 0.227 e. The average Bonchev–Trinajstić information content (AvgIpc) is 2.72. The van der Waals surface area contributed by atoms with E-state index >= 15 is 0 Å². The molecule has 0 amide bonds. The Morgan fingerprint density at radius 2 is 1.82 bits per heavy atom. The molecule has 17 heavy (non-hydrogen) atoms. The molecule has 0 aliphatic rings. The van der Waals surface area contributed by atoms with Gasteiger partial charge in [0.05, 0.1) is 0 Å². The molecule has 2 aromatic carbocycles. The predicted octanol–water partition coefficient (Wildman–Crippen LogP) is 4.46. The van der Waals surface area contributed by atoms with Crippen LogP contribution in [-0.4, -0.2) is 4.98 Å². The van der Waals surface area contributed by atoms with Gasteiger partial charge in [0.2, 0.25) is 5.89 Å². The highest BCUT2D eigenvalue weighted by Crippen LogP contribution is 2.26. The Morgan fingerprint density at radius 1 is 1.06 bits per heavy atom. The van der Waals surface area contributed by atoms with Gasteiger partial charge in [-0.3, -0.25) is 0 Å². The molecule has 2 nitrogen and oxygen atoms in total. The summed E-state index contributed by atoms with van der Waals surface area (Å²) in [7, 11) is 0. The molecule has 0 spiro atoms. The largest absolute Gasteiger partial charge is 0.436 e. The van der Waals surface area contributed by atoms with Crippen molar-refractivity contribution in [3.63, 3.8) is 0 Å². The summed E-state index contributed by atoms with van der Waals surface area (Å²) in [6.07, 6.45) is 0. The average molecular weight is 244 g/mol. The van der Waals surface area contributed by atoms with Crippen LogP contribution >= 0.6 is 11.6 Å². The molecule has 0 bridgehead atoms. The molecule has 0 saturated carbocycles. The molecule has 0 aliphatic carbocycles. The third-order valence-corrected chi connectivity index (χ3v) is 2.88. The fourth-order valence-corrected chi connectivity index (χ4v) is 1.89. The number of hydrogen-bond acceptors (Lipinski definition) is 2. The Labute approximate surface area is 104 Å². The summed E-state index contributed by atoms with van der Waals surface area (Å²) in [5.41, 5.74) is 3.73. The summed E-state index contributed by atoms with van der Waals surface area (Å²) in [6, 6.07) is 13.5. The van der Waals surface area contributed by atoms with Crippen molar-refractivity contribution in [3.8, 4) is 11.5 Å². The van der Waals surface area contributed by atoms with Crippen molar-refractivity contribution in [2.75, 3.05) is 0 Å². The molecule has 0 aliphatic heterocycles. The number of benzene rings is 2. The molecule has 0 radical (unpaired) electrons. The highest BCUT2D eigenvalue weighted by atomic mass is 35.5. The van der Waals surface area contributed by atoms with Crippen molar-refractivity contribution in [3.05, 3.63) is 53.1 Å². The van der Waals surface area contributed by atoms with E-state index in [-0.39, 0.29) is 0 Å². The topological polar surface area (TPSA) is 26.0 Å². The molecule has 1 aromatic heterocycles. The molecule has 3 aromatic rings. The SMILES string of the molecule is Cc1ccc(-c2nc3cc(Cl)ccc3o2)cc1. The van der Waals surface area contributed by atoms with Crippen LogP contribution in [-0.2, 0) is 0 Å². The van der Waals surface area contributed by atoms with E-state index in [4.69, 9.17) is 16.0 Å². The first-order chi connectivity index (χ1) is 8.22. The second kappa shape index (κ2) is 3.90. The Kier molecular flexibility index (Phi) is 2.37. The number of aromatic nitrogens is 1. The van der Waals surface area contributed by atoms with Crippen molar-refractivity contribution >= 4 is 22.7 Å². The number of oxazole rings is 1. The number of halogens is 1. The Hall–Kier alpha value is -1.80. The van der Waals surface area contributed by atoms with Gasteiger partial charge in [-0.1, -0.05) is 29.3 Å². The van der Waals surface area contributed by atoms with E-state index in [1.54, 1.807) is 12.1 Å². The van der Waals surface area contributed by atoms with Crippen LogP contribution in [0.5, 0.6) is 0 Å². The van der Waals surface area contributed by atoms with Crippen molar-refractivity contribution < 1.29 is 4.42 Å². The van der Waals surface area contributed by atoms with E-state index in [1.165, 1.54) is 5.56 Å². The smallest absolute Gasteiger partial charge is 0.227 e. The van der Waals surface area contributed by atoms with E-state index in [1.807, 2.05) is 30.3 Å². The number of rotatable bonds is 1. The van der Waals surface area contributed by atoms with Crippen LogP contribution in [0.2, 0.25) is 5.02 Å². The molecule has 3 rings (SSSR count). The summed E-state index contributed by atoms with van der Waals surface area (Å²) >= 11 is 5.91. The van der Waals surface area contributed by atoms with Gasteiger partial charge in [0, 0.05) is 10.6 Å². The molecule has 0 unspecified atom stereocenters. The lowest BCUT2D eigenvalue weighted by Gasteiger charge is -1.95. The second-order valence-electron chi connectivity index (χ2n) is 4.00. The van der Waals surface area contributed by atoms with Gasteiger partial charge >= 0.3 is 0 Å². The predicted molar refractivity (Wildman–Crippen MR) is 69.2 cm³/mol. The van der Waals surface area contributed by atoms with Crippen molar-refractivity contribution in [2.45, 2.75) is 6.92 Å². The minimum Gasteiger partial charge on any atom is -0.436 e. The lowest BCUT2D eigenvalue weighted by Crippen LogP contribution is -1.77. The summed E-state index contributed by atoms with van der Waals surface area (Å²) in [4.78, 5) is 4.42. The number of nitrogens with zero attached hydrogens (tertiary/aromatic N) is 1. The van der Waals surface area contributed by atoms with Gasteiger partial charge in [-0.05, 0) is 37.3 Å². The zero-order chi connectivity index (χ0) is 11.8. The quantitative estimate of drug-likeness (QED) is 0.631. The second-order valence-corrected chi connectivity index (χ2v) is 4.43. The maximum absolute atomic E-state index is 5.91. The van der Waals surface area contributed by atoms with Gasteiger partial charge in [-0.2, -0.15) is 0 Å². The molecule has 0 N–H and O–H groups in total. The van der Waals surface area contributed by atoms with Gasteiger partial charge in [-0.25, -0.2) is 4.98 Å². The van der Waals surface area contributed by atoms with Gasteiger partial charge in [0.25, 0.3) is 0 Å². The summed E-state index contributed by atoms with van der Waals surface area (Å²) in [6.45, 7) is 2.05. The molecule has 0 saturated heterocycles. The third kappa shape index (κ3) is 1.92. The molecule has 3 heteroatoms. The number of aryl methyl sites for hydroxylation is 1. The third-order valence-electron chi connectivity index (χ3n) is 2.65. The first-order valence-corrected chi connectivity index (χ1v) is 5.73. The highest BCUT2D eigenvalue weighted by Gasteiger charge is 2.07. The molecule has 84 valence electrons. The normalized spacial score (nSPS) is 10.9. The van der Waals surface area contributed by atoms with Gasteiger partial charge < -0.3 is 4.42 Å². The standard InChI is InChI=1S/C14H10ClNO/c1-9-2-4-10(5-3-9)14-16-12-8-11(15)6-7-13(12)17-14/h2-8H,1H3.